The van der Waals surface area contributed by atoms with Crippen molar-refractivity contribution in [2.24, 2.45) is 5.73 Å². The first kappa shape index (κ1) is 11.6. The minimum Gasteiger partial charge on any atom is -0.330 e. The lowest BCUT2D eigenvalue weighted by Crippen LogP contribution is -2.15. The summed E-state index contributed by atoms with van der Waals surface area (Å²) in [5.74, 6) is 0. The molecular weight excluding hydrogens is 196 g/mol. The van der Waals surface area contributed by atoms with Crippen LogP contribution in [-0.4, -0.2) is 25.5 Å². The molecule has 1 fully saturated rings. The Bertz CT molecular complexity index is 354. The molecule has 2 heteroatoms. The van der Waals surface area contributed by atoms with Gasteiger partial charge in [-0.25, -0.2) is 0 Å². The molecule has 0 saturated heterocycles. The standard InChI is InChI=1S/C14H22N2/c1-16(2)11-12-4-3-5-13(10-12)14(6-7-14)8-9-15/h3-5,10H,6-9,11,15H2,1-2H3. The number of nitrogens with two attached hydrogens (primary N) is 1. The van der Waals surface area contributed by atoms with Gasteiger partial charge in [-0.1, -0.05) is 24.3 Å². The van der Waals surface area contributed by atoms with Crippen molar-refractivity contribution >= 4 is 0 Å². The van der Waals surface area contributed by atoms with Crippen LogP contribution in [0.5, 0.6) is 0 Å². The average Bonchev–Trinajstić information content (AvgIpc) is 2.99. The minimum atomic E-state index is 0.428. The van der Waals surface area contributed by atoms with Crippen LogP contribution in [0, 0.1) is 0 Å². The SMILES string of the molecule is CN(C)Cc1cccc(C2(CCN)CC2)c1. The molecule has 0 amide bonds. The summed E-state index contributed by atoms with van der Waals surface area (Å²) in [7, 11) is 4.22. The summed E-state index contributed by atoms with van der Waals surface area (Å²) in [5.41, 5.74) is 9.04. The van der Waals surface area contributed by atoms with Crippen LogP contribution in [0.25, 0.3) is 0 Å². The fraction of sp³-hybridized carbons (Fsp3) is 0.571. The van der Waals surface area contributed by atoms with Crippen molar-refractivity contribution in [2.45, 2.75) is 31.2 Å². The molecule has 1 aromatic carbocycles. The molecule has 16 heavy (non-hydrogen) atoms. The summed E-state index contributed by atoms with van der Waals surface area (Å²) in [6.45, 7) is 1.82. The quantitative estimate of drug-likeness (QED) is 0.820. The Labute approximate surface area is 98.4 Å². The molecule has 1 aliphatic rings. The van der Waals surface area contributed by atoms with E-state index >= 15 is 0 Å². The van der Waals surface area contributed by atoms with E-state index in [1.165, 1.54) is 24.0 Å². The van der Waals surface area contributed by atoms with E-state index in [9.17, 15) is 0 Å². The Morgan fingerprint density at radius 3 is 2.62 bits per heavy atom. The summed E-state index contributed by atoms with van der Waals surface area (Å²) >= 11 is 0. The molecule has 0 heterocycles. The second-order valence-electron chi connectivity index (χ2n) is 5.26. The molecule has 0 aliphatic heterocycles. The van der Waals surface area contributed by atoms with Crippen molar-refractivity contribution < 1.29 is 0 Å². The Morgan fingerprint density at radius 1 is 1.31 bits per heavy atom. The third kappa shape index (κ3) is 2.45. The molecule has 0 aromatic heterocycles. The molecule has 2 N–H and O–H groups in total. The van der Waals surface area contributed by atoms with Crippen molar-refractivity contribution in [3.63, 3.8) is 0 Å². The summed E-state index contributed by atoms with van der Waals surface area (Å²) in [5, 5.41) is 0. The lowest BCUT2D eigenvalue weighted by Gasteiger charge is -2.17. The maximum atomic E-state index is 5.70. The molecule has 0 bridgehead atoms. The highest BCUT2D eigenvalue weighted by Gasteiger charge is 2.43. The van der Waals surface area contributed by atoms with Gasteiger partial charge in [-0.3, -0.25) is 0 Å². The fourth-order valence-corrected chi connectivity index (χ4v) is 2.47. The lowest BCUT2D eigenvalue weighted by atomic mass is 9.91. The first-order valence-corrected chi connectivity index (χ1v) is 6.10. The molecule has 1 aliphatic carbocycles. The Morgan fingerprint density at radius 2 is 2.06 bits per heavy atom. The first-order valence-electron chi connectivity index (χ1n) is 6.10. The third-order valence-corrected chi connectivity index (χ3v) is 3.51. The van der Waals surface area contributed by atoms with Crippen LogP contribution in [0.15, 0.2) is 24.3 Å². The van der Waals surface area contributed by atoms with Gasteiger partial charge in [0.05, 0.1) is 0 Å². The molecule has 1 aromatic rings. The minimum absolute atomic E-state index is 0.428. The Kier molecular flexibility index (Phi) is 3.31. The van der Waals surface area contributed by atoms with Crippen LogP contribution in [-0.2, 0) is 12.0 Å². The number of nitrogens with zero attached hydrogens (tertiary/aromatic N) is 1. The largest absolute Gasteiger partial charge is 0.330 e. The highest BCUT2D eigenvalue weighted by atomic mass is 15.0. The van der Waals surface area contributed by atoms with E-state index in [0.29, 0.717) is 5.41 Å². The number of hydrogen-bond acceptors (Lipinski definition) is 2. The molecule has 88 valence electrons. The van der Waals surface area contributed by atoms with Gasteiger partial charge in [0.1, 0.15) is 0 Å². The molecule has 0 unspecified atom stereocenters. The summed E-state index contributed by atoms with van der Waals surface area (Å²) in [6, 6.07) is 9.03. The molecule has 2 rings (SSSR count). The zero-order valence-electron chi connectivity index (χ0n) is 10.4. The molecule has 2 nitrogen and oxygen atoms in total. The van der Waals surface area contributed by atoms with Crippen LogP contribution in [0.1, 0.15) is 30.4 Å². The van der Waals surface area contributed by atoms with E-state index in [4.69, 9.17) is 5.73 Å². The molecular formula is C14H22N2. The van der Waals surface area contributed by atoms with Gasteiger partial charge in [-0.05, 0) is 56.4 Å². The lowest BCUT2D eigenvalue weighted by molar-refractivity contribution is 0.402. The van der Waals surface area contributed by atoms with Crippen LogP contribution in [0.4, 0.5) is 0 Å². The van der Waals surface area contributed by atoms with Crippen LogP contribution >= 0.6 is 0 Å². The van der Waals surface area contributed by atoms with Crippen molar-refractivity contribution in [3.05, 3.63) is 35.4 Å². The number of benzene rings is 1. The molecule has 1 saturated carbocycles. The summed E-state index contributed by atoms with van der Waals surface area (Å²) in [4.78, 5) is 2.21. The van der Waals surface area contributed by atoms with Gasteiger partial charge in [-0.15, -0.1) is 0 Å². The van der Waals surface area contributed by atoms with Crippen LogP contribution in [0.3, 0.4) is 0 Å². The van der Waals surface area contributed by atoms with Gasteiger partial charge in [0.15, 0.2) is 0 Å². The van der Waals surface area contributed by atoms with E-state index in [1.54, 1.807) is 0 Å². The van der Waals surface area contributed by atoms with Crippen LogP contribution in [0.2, 0.25) is 0 Å². The monoisotopic (exact) mass is 218 g/mol. The highest BCUT2D eigenvalue weighted by Crippen LogP contribution is 2.50. The van der Waals surface area contributed by atoms with Crippen LogP contribution < -0.4 is 5.73 Å². The van der Waals surface area contributed by atoms with Gasteiger partial charge < -0.3 is 10.6 Å². The van der Waals surface area contributed by atoms with Gasteiger partial charge in [0.25, 0.3) is 0 Å². The van der Waals surface area contributed by atoms with Crippen molar-refractivity contribution in [1.29, 1.82) is 0 Å². The third-order valence-electron chi connectivity index (χ3n) is 3.51. The number of hydrogen-bond donors (Lipinski definition) is 1. The second kappa shape index (κ2) is 4.56. The van der Waals surface area contributed by atoms with E-state index in [1.807, 2.05) is 0 Å². The summed E-state index contributed by atoms with van der Waals surface area (Å²) in [6.07, 6.45) is 3.77. The van der Waals surface area contributed by atoms with E-state index < -0.39 is 0 Å². The Hall–Kier alpha value is -0.860. The van der Waals surface area contributed by atoms with Gasteiger partial charge in [0.2, 0.25) is 0 Å². The fourth-order valence-electron chi connectivity index (χ4n) is 2.47. The van der Waals surface area contributed by atoms with E-state index in [2.05, 4.69) is 43.3 Å². The van der Waals surface area contributed by atoms with Gasteiger partial charge >= 0.3 is 0 Å². The zero-order valence-corrected chi connectivity index (χ0v) is 10.4. The second-order valence-corrected chi connectivity index (χ2v) is 5.26. The van der Waals surface area contributed by atoms with Crippen molar-refractivity contribution in [3.8, 4) is 0 Å². The predicted molar refractivity (Wildman–Crippen MR) is 68.4 cm³/mol. The summed E-state index contributed by atoms with van der Waals surface area (Å²) < 4.78 is 0. The molecule has 0 spiro atoms. The molecule has 0 atom stereocenters. The average molecular weight is 218 g/mol. The maximum Gasteiger partial charge on any atom is 0.0227 e. The normalized spacial score (nSPS) is 17.8. The van der Waals surface area contributed by atoms with Crippen molar-refractivity contribution in [1.82, 2.24) is 4.90 Å². The van der Waals surface area contributed by atoms with E-state index in [0.717, 1.165) is 19.5 Å². The topological polar surface area (TPSA) is 29.3 Å². The molecule has 0 radical (unpaired) electrons. The number of rotatable bonds is 5. The smallest absolute Gasteiger partial charge is 0.0227 e. The van der Waals surface area contributed by atoms with E-state index in [-0.39, 0.29) is 0 Å². The zero-order chi connectivity index (χ0) is 11.6. The van der Waals surface area contributed by atoms with Gasteiger partial charge in [0, 0.05) is 6.54 Å². The Balaban J connectivity index is 2.16. The first-order chi connectivity index (χ1) is 7.66. The van der Waals surface area contributed by atoms with Crippen molar-refractivity contribution in [2.75, 3.05) is 20.6 Å². The highest BCUT2D eigenvalue weighted by molar-refractivity contribution is 5.34. The maximum absolute atomic E-state index is 5.70. The van der Waals surface area contributed by atoms with Gasteiger partial charge in [-0.2, -0.15) is 0 Å². The predicted octanol–water partition coefficient (Wildman–Crippen LogP) is 2.13.